The van der Waals surface area contributed by atoms with Crippen LogP contribution in [0.2, 0.25) is 0 Å². The molecule has 0 saturated carbocycles. The quantitative estimate of drug-likeness (QED) is 0.491. The standard InChI is InChI=1S/C22H25NO5/c1-4-28-22(25)16-23(15-17-8-6-5-7-9-17)21(24)13-10-18-14-19(26-2)11-12-20(18)27-3/h5-14H,4,15-16H2,1-3H3/b13-10+. The van der Waals surface area contributed by atoms with E-state index >= 15 is 0 Å². The number of ether oxygens (including phenoxy) is 3. The lowest BCUT2D eigenvalue weighted by atomic mass is 10.1. The zero-order valence-corrected chi connectivity index (χ0v) is 16.4. The summed E-state index contributed by atoms with van der Waals surface area (Å²) in [5.74, 6) is 0.520. The molecule has 28 heavy (non-hydrogen) atoms. The lowest BCUT2D eigenvalue weighted by Crippen LogP contribution is -2.35. The van der Waals surface area contributed by atoms with Crippen LogP contribution in [-0.2, 0) is 20.9 Å². The summed E-state index contributed by atoms with van der Waals surface area (Å²) in [4.78, 5) is 26.1. The Hall–Kier alpha value is -3.28. The number of benzene rings is 2. The van der Waals surface area contributed by atoms with Gasteiger partial charge < -0.3 is 19.1 Å². The maximum atomic E-state index is 12.8. The van der Waals surface area contributed by atoms with E-state index in [-0.39, 0.29) is 19.1 Å². The Balaban J connectivity index is 2.21. The van der Waals surface area contributed by atoms with Gasteiger partial charge in [-0.05, 0) is 36.8 Å². The summed E-state index contributed by atoms with van der Waals surface area (Å²) in [6, 6.07) is 14.8. The van der Waals surface area contributed by atoms with Crippen LogP contribution in [0.5, 0.6) is 11.5 Å². The van der Waals surface area contributed by atoms with Crippen LogP contribution in [0.1, 0.15) is 18.1 Å². The first-order chi connectivity index (χ1) is 13.6. The molecule has 0 fully saturated rings. The van der Waals surface area contributed by atoms with Gasteiger partial charge in [0.1, 0.15) is 18.0 Å². The van der Waals surface area contributed by atoms with Crippen LogP contribution in [0.4, 0.5) is 0 Å². The second kappa shape index (κ2) is 10.8. The van der Waals surface area contributed by atoms with Crippen molar-refractivity contribution in [3.63, 3.8) is 0 Å². The number of methoxy groups -OCH3 is 2. The van der Waals surface area contributed by atoms with Crippen LogP contribution in [-0.4, -0.2) is 44.1 Å². The van der Waals surface area contributed by atoms with Crippen LogP contribution in [0.3, 0.4) is 0 Å². The van der Waals surface area contributed by atoms with Crippen LogP contribution in [0, 0.1) is 0 Å². The van der Waals surface area contributed by atoms with Crippen molar-refractivity contribution in [3.05, 3.63) is 65.7 Å². The van der Waals surface area contributed by atoms with Crippen molar-refractivity contribution in [1.29, 1.82) is 0 Å². The highest BCUT2D eigenvalue weighted by Gasteiger charge is 2.16. The number of hydrogen-bond acceptors (Lipinski definition) is 5. The van der Waals surface area contributed by atoms with Gasteiger partial charge >= 0.3 is 5.97 Å². The fourth-order valence-electron chi connectivity index (χ4n) is 2.61. The molecule has 1 amide bonds. The minimum atomic E-state index is -0.445. The number of amides is 1. The highest BCUT2D eigenvalue weighted by molar-refractivity contribution is 5.94. The van der Waals surface area contributed by atoms with Gasteiger partial charge in [-0.3, -0.25) is 9.59 Å². The molecule has 0 bridgehead atoms. The molecule has 0 saturated heterocycles. The summed E-state index contributed by atoms with van der Waals surface area (Å²) in [5, 5.41) is 0. The van der Waals surface area contributed by atoms with Gasteiger partial charge in [0.2, 0.25) is 5.91 Å². The molecule has 0 spiro atoms. The fourth-order valence-corrected chi connectivity index (χ4v) is 2.61. The van der Waals surface area contributed by atoms with Crippen molar-refractivity contribution in [2.45, 2.75) is 13.5 Å². The van der Waals surface area contributed by atoms with Gasteiger partial charge in [0, 0.05) is 18.2 Å². The van der Waals surface area contributed by atoms with Crippen molar-refractivity contribution >= 4 is 18.0 Å². The summed E-state index contributed by atoms with van der Waals surface area (Å²) in [6.07, 6.45) is 3.06. The largest absolute Gasteiger partial charge is 0.497 e. The lowest BCUT2D eigenvalue weighted by molar-refractivity contribution is -0.148. The molecule has 0 heterocycles. The molecule has 2 aromatic carbocycles. The molecule has 6 nitrogen and oxygen atoms in total. The van der Waals surface area contributed by atoms with E-state index in [0.717, 1.165) is 5.56 Å². The molecule has 0 aliphatic heterocycles. The minimum Gasteiger partial charge on any atom is -0.497 e. The Kier molecular flexibility index (Phi) is 8.09. The molecule has 0 radical (unpaired) electrons. The van der Waals surface area contributed by atoms with E-state index in [1.54, 1.807) is 45.4 Å². The van der Waals surface area contributed by atoms with E-state index in [2.05, 4.69) is 0 Å². The number of nitrogens with zero attached hydrogens (tertiary/aromatic N) is 1. The summed E-state index contributed by atoms with van der Waals surface area (Å²) >= 11 is 0. The van der Waals surface area contributed by atoms with Gasteiger partial charge in [0.05, 0.1) is 20.8 Å². The van der Waals surface area contributed by atoms with Gasteiger partial charge in [0.25, 0.3) is 0 Å². The van der Waals surface area contributed by atoms with Crippen LogP contribution >= 0.6 is 0 Å². The highest BCUT2D eigenvalue weighted by atomic mass is 16.5. The average molecular weight is 383 g/mol. The lowest BCUT2D eigenvalue weighted by Gasteiger charge is -2.20. The number of carbonyl (C=O) groups is 2. The molecule has 6 heteroatoms. The van der Waals surface area contributed by atoms with E-state index in [1.165, 1.54) is 11.0 Å². The first kappa shape index (κ1) is 21.0. The van der Waals surface area contributed by atoms with Gasteiger partial charge in [0.15, 0.2) is 0 Å². The third kappa shape index (κ3) is 6.16. The van der Waals surface area contributed by atoms with Crippen molar-refractivity contribution in [2.24, 2.45) is 0 Å². The van der Waals surface area contributed by atoms with E-state index in [4.69, 9.17) is 14.2 Å². The minimum absolute atomic E-state index is 0.124. The number of esters is 1. The zero-order valence-electron chi connectivity index (χ0n) is 16.4. The van der Waals surface area contributed by atoms with Gasteiger partial charge in [-0.2, -0.15) is 0 Å². The van der Waals surface area contributed by atoms with Crippen molar-refractivity contribution < 1.29 is 23.8 Å². The Labute approximate surface area is 165 Å². The molecule has 0 N–H and O–H groups in total. The van der Waals surface area contributed by atoms with Gasteiger partial charge in [-0.15, -0.1) is 0 Å². The predicted octanol–water partition coefficient (Wildman–Crippen LogP) is 3.31. The smallest absolute Gasteiger partial charge is 0.325 e. The Bertz CT molecular complexity index is 817. The Morgan fingerprint density at radius 1 is 1.04 bits per heavy atom. The molecular weight excluding hydrogens is 358 g/mol. The van der Waals surface area contributed by atoms with Crippen LogP contribution < -0.4 is 9.47 Å². The normalized spacial score (nSPS) is 10.5. The first-order valence-corrected chi connectivity index (χ1v) is 8.96. The number of rotatable bonds is 9. The second-order valence-electron chi connectivity index (χ2n) is 5.93. The number of carbonyl (C=O) groups excluding carboxylic acids is 2. The molecule has 0 aromatic heterocycles. The predicted molar refractivity (Wildman–Crippen MR) is 107 cm³/mol. The van der Waals surface area contributed by atoms with Crippen LogP contribution in [0.15, 0.2) is 54.6 Å². The zero-order chi connectivity index (χ0) is 20.4. The maximum Gasteiger partial charge on any atom is 0.325 e. The van der Waals surface area contributed by atoms with E-state index < -0.39 is 5.97 Å². The highest BCUT2D eigenvalue weighted by Crippen LogP contribution is 2.25. The molecule has 0 aliphatic carbocycles. The monoisotopic (exact) mass is 383 g/mol. The Morgan fingerprint density at radius 3 is 2.43 bits per heavy atom. The first-order valence-electron chi connectivity index (χ1n) is 8.96. The molecule has 148 valence electrons. The van der Waals surface area contributed by atoms with Crippen LogP contribution in [0.25, 0.3) is 6.08 Å². The number of hydrogen-bond donors (Lipinski definition) is 0. The third-order valence-electron chi connectivity index (χ3n) is 4.00. The van der Waals surface area contributed by atoms with Gasteiger partial charge in [-0.1, -0.05) is 30.3 Å². The molecule has 0 aliphatic rings. The topological polar surface area (TPSA) is 65.1 Å². The molecule has 0 unspecified atom stereocenters. The summed E-state index contributed by atoms with van der Waals surface area (Å²) in [5.41, 5.74) is 1.62. The molecule has 2 rings (SSSR count). The fraction of sp³-hybridized carbons (Fsp3) is 0.273. The van der Waals surface area contributed by atoms with Crippen molar-refractivity contribution in [3.8, 4) is 11.5 Å². The average Bonchev–Trinajstić information content (AvgIpc) is 2.72. The summed E-state index contributed by atoms with van der Waals surface area (Å²) in [7, 11) is 3.13. The SMILES string of the molecule is CCOC(=O)CN(Cc1ccccc1)C(=O)/C=C/c1cc(OC)ccc1OC. The maximum absolute atomic E-state index is 12.8. The van der Waals surface area contributed by atoms with Crippen molar-refractivity contribution in [1.82, 2.24) is 4.90 Å². The van der Waals surface area contributed by atoms with Crippen molar-refractivity contribution in [2.75, 3.05) is 27.4 Å². The molecule has 0 atom stereocenters. The summed E-state index contributed by atoms with van der Waals surface area (Å²) in [6.45, 7) is 2.18. The second-order valence-corrected chi connectivity index (χ2v) is 5.93. The van der Waals surface area contributed by atoms with E-state index in [9.17, 15) is 9.59 Å². The van der Waals surface area contributed by atoms with E-state index in [0.29, 0.717) is 23.6 Å². The molecule has 2 aromatic rings. The van der Waals surface area contributed by atoms with E-state index in [1.807, 2.05) is 30.3 Å². The third-order valence-corrected chi connectivity index (χ3v) is 4.00. The molecular formula is C22H25NO5. The Morgan fingerprint density at radius 2 is 1.79 bits per heavy atom. The van der Waals surface area contributed by atoms with Gasteiger partial charge in [-0.25, -0.2) is 0 Å². The summed E-state index contributed by atoms with van der Waals surface area (Å²) < 4.78 is 15.5.